The van der Waals surface area contributed by atoms with Gasteiger partial charge in [0.25, 0.3) is 0 Å². The Morgan fingerprint density at radius 3 is 2.67 bits per heavy atom. The number of rotatable bonds is 3. The van der Waals surface area contributed by atoms with Crippen molar-refractivity contribution in [1.82, 2.24) is 0 Å². The summed E-state index contributed by atoms with van der Waals surface area (Å²) in [4.78, 5) is 1.52. The summed E-state index contributed by atoms with van der Waals surface area (Å²) in [6, 6.07) is 9.08. The Morgan fingerprint density at radius 2 is 2.00 bits per heavy atom. The zero-order valence-corrected chi connectivity index (χ0v) is 14.1. The fourth-order valence-electron chi connectivity index (χ4n) is 3.30. The number of anilines is 1. The monoisotopic (exact) mass is 299 g/mol. The molecule has 1 heterocycles. The van der Waals surface area contributed by atoms with Crippen molar-refractivity contribution in [2.45, 2.75) is 52.4 Å². The molecule has 112 valence electrons. The summed E-state index contributed by atoms with van der Waals surface area (Å²) in [5.41, 5.74) is 11.9. The average Bonchev–Trinajstić information content (AvgIpc) is 2.81. The lowest BCUT2D eigenvalue weighted by Crippen LogP contribution is -2.09. The fourth-order valence-corrected chi connectivity index (χ4v) is 4.61. The standard InChI is InChI=1S/C19H25NS/c1-4-13(3)14-6-8-15(9-7-14)18-16-10-5-12(2)11-17(16)21-19(18)20/h6-9,12-13H,4-5,10-11,20H2,1-3H3. The molecule has 1 aromatic heterocycles. The number of nitrogen functional groups attached to an aromatic ring is 1. The van der Waals surface area contributed by atoms with Crippen LogP contribution in [-0.2, 0) is 12.8 Å². The summed E-state index contributed by atoms with van der Waals surface area (Å²) in [5.74, 6) is 1.44. The van der Waals surface area contributed by atoms with E-state index in [1.54, 1.807) is 0 Å². The van der Waals surface area contributed by atoms with Gasteiger partial charge in [-0.1, -0.05) is 45.0 Å². The predicted molar refractivity (Wildman–Crippen MR) is 94.1 cm³/mol. The maximum atomic E-state index is 6.34. The molecule has 0 radical (unpaired) electrons. The van der Waals surface area contributed by atoms with E-state index in [0.717, 1.165) is 10.9 Å². The molecule has 2 unspecified atom stereocenters. The van der Waals surface area contributed by atoms with Crippen LogP contribution in [0.5, 0.6) is 0 Å². The van der Waals surface area contributed by atoms with Crippen LogP contribution < -0.4 is 5.73 Å². The van der Waals surface area contributed by atoms with E-state index in [9.17, 15) is 0 Å². The smallest absolute Gasteiger partial charge is 0.0941 e. The molecular formula is C19H25NS. The van der Waals surface area contributed by atoms with Gasteiger partial charge in [0, 0.05) is 10.4 Å². The summed E-state index contributed by atoms with van der Waals surface area (Å²) in [6.07, 6.45) is 4.87. The first-order valence-corrected chi connectivity index (χ1v) is 8.92. The molecule has 21 heavy (non-hydrogen) atoms. The summed E-state index contributed by atoms with van der Waals surface area (Å²) in [7, 11) is 0. The van der Waals surface area contributed by atoms with Gasteiger partial charge in [0.05, 0.1) is 5.00 Å². The van der Waals surface area contributed by atoms with Crippen molar-refractivity contribution in [1.29, 1.82) is 0 Å². The predicted octanol–water partition coefficient (Wildman–Crippen LogP) is 5.64. The van der Waals surface area contributed by atoms with Gasteiger partial charge in [0.1, 0.15) is 0 Å². The first kappa shape index (κ1) is 14.6. The molecule has 1 aromatic carbocycles. The van der Waals surface area contributed by atoms with Crippen LogP contribution in [0.25, 0.3) is 11.1 Å². The number of benzene rings is 1. The lowest BCUT2D eigenvalue weighted by Gasteiger charge is -2.19. The zero-order chi connectivity index (χ0) is 15.0. The van der Waals surface area contributed by atoms with Crippen molar-refractivity contribution < 1.29 is 0 Å². The van der Waals surface area contributed by atoms with Crippen molar-refractivity contribution >= 4 is 16.3 Å². The molecule has 0 spiro atoms. The Kier molecular flexibility index (Phi) is 4.08. The molecule has 0 aliphatic heterocycles. The molecule has 0 saturated carbocycles. The van der Waals surface area contributed by atoms with Crippen molar-refractivity contribution in [3.63, 3.8) is 0 Å². The van der Waals surface area contributed by atoms with Crippen molar-refractivity contribution in [2.24, 2.45) is 5.92 Å². The van der Waals surface area contributed by atoms with Crippen LogP contribution in [0.15, 0.2) is 24.3 Å². The third-order valence-electron chi connectivity index (χ3n) is 4.92. The first-order valence-electron chi connectivity index (χ1n) is 8.10. The molecule has 1 nitrogen and oxygen atoms in total. The van der Waals surface area contributed by atoms with Crippen molar-refractivity contribution in [2.75, 3.05) is 5.73 Å². The second-order valence-electron chi connectivity index (χ2n) is 6.52. The summed E-state index contributed by atoms with van der Waals surface area (Å²) < 4.78 is 0. The highest BCUT2D eigenvalue weighted by Crippen LogP contribution is 2.43. The zero-order valence-electron chi connectivity index (χ0n) is 13.3. The highest BCUT2D eigenvalue weighted by Gasteiger charge is 2.23. The molecule has 3 rings (SSSR count). The van der Waals surface area contributed by atoms with Crippen LogP contribution in [0.1, 0.15) is 55.5 Å². The van der Waals surface area contributed by atoms with Crippen LogP contribution in [0.3, 0.4) is 0 Å². The molecule has 2 atom stereocenters. The minimum absolute atomic E-state index is 0.633. The van der Waals surface area contributed by atoms with E-state index in [4.69, 9.17) is 5.73 Å². The van der Waals surface area contributed by atoms with Gasteiger partial charge in [-0.25, -0.2) is 0 Å². The third kappa shape index (κ3) is 2.74. The fraction of sp³-hybridized carbons (Fsp3) is 0.474. The Balaban J connectivity index is 1.97. The Hall–Kier alpha value is -1.28. The van der Waals surface area contributed by atoms with Gasteiger partial charge < -0.3 is 5.73 Å². The van der Waals surface area contributed by atoms with Crippen molar-refractivity contribution in [3.05, 3.63) is 40.3 Å². The first-order chi connectivity index (χ1) is 10.1. The second kappa shape index (κ2) is 5.84. The summed E-state index contributed by atoms with van der Waals surface area (Å²) in [6.45, 7) is 6.88. The Morgan fingerprint density at radius 1 is 1.29 bits per heavy atom. The van der Waals surface area contributed by atoms with E-state index in [-0.39, 0.29) is 0 Å². The average molecular weight is 299 g/mol. The number of thiophene rings is 1. The highest BCUT2D eigenvalue weighted by atomic mass is 32.1. The minimum Gasteiger partial charge on any atom is -0.390 e. The second-order valence-corrected chi connectivity index (χ2v) is 7.66. The maximum Gasteiger partial charge on any atom is 0.0941 e. The van der Waals surface area contributed by atoms with E-state index < -0.39 is 0 Å². The van der Waals surface area contributed by atoms with Gasteiger partial charge in [-0.3, -0.25) is 0 Å². The Bertz CT molecular complexity index is 624. The van der Waals surface area contributed by atoms with Gasteiger partial charge in [0.15, 0.2) is 0 Å². The van der Waals surface area contributed by atoms with Crippen LogP contribution in [0.4, 0.5) is 5.00 Å². The SMILES string of the molecule is CCC(C)c1ccc(-c2c(N)sc3c2CCC(C)C3)cc1. The molecule has 0 bridgehead atoms. The summed E-state index contributed by atoms with van der Waals surface area (Å²) >= 11 is 1.81. The molecule has 0 saturated heterocycles. The largest absolute Gasteiger partial charge is 0.390 e. The third-order valence-corrected chi connectivity index (χ3v) is 6.00. The summed E-state index contributed by atoms with van der Waals surface area (Å²) in [5, 5.41) is 1.00. The molecule has 0 amide bonds. The number of fused-ring (bicyclic) bond motifs is 1. The van der Waals surface area contributed by atoms with Gasteiger partial charge in [-0.15, -0.1) is 11.3 Å². The molecule has 0 fully saturated rings. The normalized spacial score (nSPS) is 19.3. The van der Waals surface area contributed by atoms with E-state index in [0.29, 0.717) is 5.92 Å². The van der Waals surface area contributed by atoms with E-state index in [1.807, 2.05) is 11.3 Å². The molecule has 2 heteroatoms. The lowest BCUT2D eigenvalue weighted by molar-refractivity contribution is 0.508. The minimum atomic E-state index is 0.633. The van der Waals surface area contributed by atoms with E-state index in [1.165, 1.54) is 52.8 Å². The van der Waals surface area contributed by atoms with Gasteiger partial charge in [0.2, 0.25) is 0 Å². The van der Waals surface area contributed by atoms with Gasteiger partial charge in [-0.2, -0.15) is 0 Å². The van der Waals surface area contributed by atoms with Gasteiger partial charge >= 0.3 is 0 Å². The van der Waals surface area contributed by atoms with Crippen molar-refractivity contribution in [3.8, 4) is 11.1 Å². The number of hydrogen-bond donors (Lipinski definition) is 1. The molecule has 2 N–H and O–H groups in total. The van der Waals surface area contributed by atoms with Crippen LogP contribution in [0, 0.1) is 5.92 Å². The van der Waals surface area contributed by atoms with Crippen LogP contribution >= 0.6 is 11.3 Å². The molecular weight excluding hydrogens is 274 g/mol. The molecule has 1 aliphatic rings. The maximum absolute atomic E-state index is 6.34. The highest BCUT2D eigenvalue weighted by molar-refractivity contribution is 7.16. The van der Waals surface area contributed by atoms with E-state index >= 15 is 0 Å². The molecule has 2 aromatic rings. The van der Waals surface area contributed by atoms with E-state index in [2.05, 4.69) is 45.0 Å². The lowest BCUT2D eigenvalue weighted by atomic mass is 9.86. The van der Waals surface area contributed by atoms with Crippen LogP contribution in [-0.4, -0.2) is 0 Å². The topological polar surface area (TPSA) is 26.0 Å². The number of nitrogens with two attached hydrogens (primary N) is 1. The molecule has 1 aliphatic carbocycles. The number of hydrogen-bond acceptors (Lipinski definition) is 2. The quantitative estimate of drug-likeness (QED) is 0.780. The van der Waals surface area contributed by atoms with Crippen LogP contribution in [0.2, 0.25) is 0 Å². The van der Waals surface area contributed by atoms with Gasteiger partial charge in [-0.05, 0) is 54.2 Å². The Labute approximate surface area is 132 Å².